The van der Waals surface area contributed by atoms with Gasteiger partial charge in [0.25, 0.3) is 0 Å². The van der Waals surface area contributed by atoms with E-state index in [1.54, 1.807) is 66.8 Å². The Morgan fingerprint density at radius 1 is 0.750 bits per heavy atom. The van der Waals surface area contributed by atoms with Crippen molar-refractivity contribution in [2.24, 2.45) is 11.8 Å². The summed E-state index contributed by atoms with van der Waals surface area (Å²) in [5.74, 6) is -2.74. The van der Waals surface area contributed by atoms with Crippen molar-refractivity contribution in [2.75, 3.05) is 7.11 Å². The lowest BCUT2D eigenvalue weighted by Crippen LogP contribution is -2.35. The van der Waals surface area contributed by atoms with Crippen LogP contribution in [0.25, 0.3) is 34.2 Å². The van der Waals surface area contributed by atoms with E-state index in [1.165, 1.54) is 25.3 Å². The van der Waals surface area contributed by atoms with Gasteiger partial charge in [-0.05, 0) is 36.4 Å². The van der Waals surface area contributed by atoms with E-state index in [2.05, 4.69) is 15.0 Å². The lowest BCUT2D eigenvalue weighted by Gasteiger charge is -2.29. The Balaban J connectivity index is 1.56. The van der Waals surface area contributed by atoms with Gasteiger partial charge in [-0.2, -0.15) is 0 Å². The molecule has 9 heteroatoms. The van der Waals surface area contributed by atoms with Gasteiger partial charge in [0, 0.05) is 11.1 Å². The molecule has 0 saturated carbocycles. The first-order valence-corrected chi connectivity index (χ1v) is 12.4. The quantitative estimate of drug-likeness (QED) is 0.355. The van der Waals surface area contributed by atoms with Gasteiger partial charge in [0.15, 0.2) is 29.0 Å². The summed E-state index contributed by atoms with van der Waals surface area (Å²) in [5.41, 5.74) is 1.20. The van der Waals surface area contributed by atoms with Crippen molar-refractivity contribution in [3.63, 3.8) is 0 Å². The van der Waals surface area contributed by atoms with Crippen molar-refractivity contribution in [2.45, 2.75) is 0 Å². The van der Waals surface area contributed by atoms with Crippen LogP contribution in [0.5, 0.6) is 11.5 Å². The molecule has 196 valence electrons. The topological polar surface area (TPSA) is 140 Å². The molecule has 0 amide bonds. The summed E-state index contributed by atoms with van der Waals surface area (Å²) in [5, 5.41) is 21.9. The number of carbonyl (C=O) groups is 3. The fourth-order valence-corrected chi connectivity index (χ4v) is 4.99. The molecule has 6 rings (SSSR count). The molecule has 1 heterocycles. The van der Waals surface area contributed by atoms with Crippen molar-refractivity contribution < 1.29 is 29.3 Å². The second kappa shape index (κ2) is 9.70. The van der Waals surface area contributed by atoms with Gasteiger partial charge < -0.3 is 14.9 Å². The summed E-state index contributed by atoms with van der Waals surface area (Å²) in [7, 11) is 1.28. The van der Waals surface area contributed by atoms with Crippen molar-refractivity contribution >= 4 is 17.5 Å². The number of phenolic OH excluding ortho intramolecular Hbond substituents is 2. The van der Waals surface area contributed by atoms with Gasteiger partial charge in [-0.15, -0.1) is 0 Å². The van der Waals surface area contributed by atoms with Gasteiger partial charge in [-0.3, -0.25) is 9.59 Å². The van der Waals surface area contributed by atoms with Crippen LogP contribution in [0.2, 0.25) is 0 Å². The zero-order valence-corrected chi connectivity index (χ0v) is 21.1. The molecular weight excluding hydrogens is 510 g/mol. The average Bonchev–Trinajstić information content (AvgIpc) is 2.99. The number of Topliss-reactive ketones (excluding diaryl/α,β-unsaturated/α-hetero) is 2. The number of fused-ring (bicyclic) bond motifs is 2. The second-order valence-electron chi connectivity index (χ2n) is 9.33. The first kappa shape index (κ1) is 24.9. The standard InChI is InChI=1S/C31H21N3O6/c1-40-31(39)17-8-6-7-16(15-17)28-32-29(20-11-4-5-12-23(20)35)34-30(33-28)22-14-13-21-24(27(22)38)26(37)19-10-3-2-9-18(19)25(21)36/h2-15,18-19,35,38H,1H3. The number of benzene rings is 3. The Bertz CT molecular complexity index is 1790. The van der Waals surface area contributed by atoms with E-state index in [0.29, 0.717) is 11.1 Å². The highest BCUT2D eigenvalue weighted by Crippen LogP contribution is 2.42. The fraction of sp³-hybridized carbons (Fsp3) is 0.0968. The summed E-state index contributed by atoms with van der Waals surface area (Å²) >= 11 is 0. The maximum Gasteiger partial charge on any atom is 0.337 e. The van der Waals surface area contributed by atoms with Crippen LogP contribution in [0, 0.1) is 11.8 Å². The molecule has 3 aromatic carbocycles. The van der Waals surface area contributed by atoms with E-state index in [0.717, 1.165) is 0 Å². The molecule has 0 fully saturated rings. The third-order valence-corrected chi connectivity index (χ3v) is 6.99. The molecule has 2 N–H and O–H groups in total. The van der Waals surface area contributed by atoms with Gasteiger partial charge in [-0.1, -0.05) is 48.6 Å². The van der Waals surface area contributed by atoms with Crippen LogP contribution in [0.4, 0.5) is 0 Å². The highest BCUT2D eigenvalue weighted by Gasteiger charge is 2.41. The molecule has 2 unspecified atom stereocenters. The fourth-order valence-electron chi connectivity index (χ4n) is 4.99. The molecule has 9 nitrogen and oxygen atoms in total. The lowest BCUT2D eigenvalue weighted by molar-refractivity contribution is 0.0600. The zero-order chi connectivity index (χ0) is 28.0. The van der Waals surface area contributed by atoms with Crippen LogP contribution in [-0.2, 0) is 4.74 Å². The minimum atomic E-state index is -0.710. The molecule has 1 aromatic heterocycles. The number of nitrogens with zero attached hydrogens (tertiary/aromatic N) is 3. The SMILES string of the molecule is COC(=O)c1cccc(-c2nc(-c3ccccc3O)nc(-c3ccc4c(c3O)C(=O)C3C=CC=CC3C4=O)n2)c1. The average molecular weight is 532 g/mol. The normalized spacial score (nSPS) is 17.3. The maximum atomic E-state index is 13.4. The Morgan fingerprint density at radius 2 is 1.40 bits per heavy atom. The van der Waals surface area contributed by atoms with Crippen molar-refractivity contribution in [1.29, 1.82) is 0 Å². The largest absolute Gasteiger partial charge is 0.507 e. The van der Waals surface area contributed by atoms with Crippen molar-refractivity contribution in [1.82, 2.24) is 15.0 Å². The van der Waals surface area contributed by atoms with Gasteiger partial charge >= 0.3 is 5.97 Å². The van der Waals surface area contributed by atoms with E-state index in [1.807, 2.05) is 0 Å². The molecule has 0 bridgehead atoms. The summed E-state index contributed by atoms with van der Waals surface area (Å²) < 4.78 is 4.83. The van der Waals surface area contributed by atoms with Gasteiger partial charge in [-0.25, -0.2) is 19.7 Å². The van der Waals surface area contributed by atoms with Gasteiger partial charge in [0.1, 0.15) is 11.5 Å². The summed E-state index contributed by atoms with van der Waals surface area (Å²) in [6, 6.07) is 15.9. The predicted molar refractivity (Wildman–Crippen MR) is 145 cm³/mol. The van der Waals surface area contributed by atoms with Crippen LogP contribution >= 0.6 is 0 Å². The number of ketones is 2. The Labute approximate surface area is 228 Å². The summed E-state index contributed by atoms with van der Waals surface area (Å²) in [6.45, 7) is 0. The molecular formula is C31H21N3O6. The number of para-hydroxylation sites is 1. The van der Waals surface area contributed by atoms with Crippen LogP contribution in [0.1, 0.15) is 31.1 Å². The minimum Gasteiger partial charge on any atom is -0.507 e. The van der Waals surface area contributed by atoms with Gasteiger partial charge in [0.05, 0.1) is 41.2 Å². The number of phenols is 2. The van der Waals surface area contributed by atoms with E-state index in [9.17, 15) is 24.6 Å². The Morgan fingerprint density at radius 3 is 2.12 bits per heavy atom. The molecule has 0 saturated heterocycles. The van der Waals surface area contributed by atoms with Crippen LogP contribution in [0.15, 0.2) is 85.0 Å². The molecule has 2 aliphatic rings. The number of hydrogen-bond donors (Lipinski definition) is 2. The number of ether oxygens (including phenoxy) is 1. The number of rotatable bonds is 4. The van der Waals surface area contributed by atoms with Crippen LogP contribution < -0.4 is 0 Å². The molecule has 2 aliphatic carbocycles. The highest BCUT2D eigenvalue weighted by molar-refractivity contribution is 6.19. The molecule has 4 aromatic rings. The van der Waals surface area contributed by atoms with Gasteiger partial charge in [0.2, 0.25) is 0 Å². The summed E-state index contributed by atoms with van der Waals surface area (Å²) in [4.78, 5) is 52.3. The number of aromatic nitrogens is 3. The lowest BCUT2D eigenvalue weighted by atomic mass is 9.71. The maximum absolute atomic E-state index is 13.4. The van der Waals surface area contributed by atoms with Crippen molar-refractivity contribution in [3.05, 3.63) is 102 Å². The Kier molecular flexibility index (Phi) is 6.03. The predicted octanol–water partition coefficient (Wildman–Crippen LogP) is 4.81. The van der Waals surface area contributed by atoms with Crippen LogP contribution in [0.3, 0.4) is 0 Å². The molecule has 40 heavy (non-hydrogen) atoms. The third kappa shape index (κ3) is 4.04. The van der Waals surface area contributed by atoms with E-state index < -0.39 is 23.6 Å². The molecule has 0 spiro atoms. The highest BCUT2D eigenvalue weighted by atomic mass is 16.5. The minimum absolute atomic E-state index is 0.00785. The second-order valence-corrected chi connectivity index (χ2v) is 9.33. The van der Waals surface area contributed by atoms with Crippen molar-refractivity contribution in [3.8, 4) is 45.7 Å². The van der Waals surface area contributed by atoms with E-state index in [4.69, 9.17) is 4.74 Å². The van der Waals surface area contributed by atoms with E-state index in [-0.39, 0.29) is 57.0 Å². The zero-order valence-electron chi connectivity index (χ0n) is 21.1. The number of allylic oxidation sites excluding steroid dienone is 4. The molecule has 2 atom stereocenters. The smallest absolute Gasteiger partial charge is 0.337 e. The monoisotopic (exact) mass is 531 g/mol. The number of methoxy groups -OCH3 is 1. The first-order chi connectivity index (χ1) is 19.4. The number of carbonyl (C=O) groups excluding carboxylic acids is 3. The number of aromatic hydroxyl groups is 2. The number of hydrogen-bond acceptors (Lipinski definition) is 9. The van der Waals surface area contributed by atoms with E-state index >= 15 is 0 Å². The molecule has 0 radical (unpaired) electrons. The molecule has 0 aliphatic heterocycles. The third-order valence-electron chi connectivity index (χ3n) is 6.99. The number of esters is 1. The van der Waals surface area contributed by atoms with Crippen LogP contribution in [-0.4, -0.2) is 49.8 Å². The summed E-state index contributed by atoms with van der Waals surface area (Å²) in [6.07, 6.45) is 6.79. The first-order valence-electron chi connectivity index (χ1n) is 12.4. The Hall–Kier alpha value is -5.44.